The van der Waals surface area contributed by atoms with E-state index in [9.17, 15) is 4.79 Å². The third-order valence-corrected chi connectivity index (χ3v) is 3.73. The Balaban J connectivity index is 2.21. The molecule has 22 heavy (non-hydrogen) atoms. The number of nitrogens with two attached hydrogens (primary N) is 1. The highest BCUT2D eigenvalue weighted by Crippen LogP contribution is 2.22. The van der Waals surface area contributed by atoms with Gasteiger partial charge in [0.25, 0.3) is 0 Å². The molecular weight excluding hydrogens is 276 g/mol. The maximum atomic E-state index is 12.3. The maximum Gasteiger partial charge on any atom is 0.237 e. The van der Waals surface area contributed by atoms with E-state index in [1.807, 2.05) is 64.2 Å². The fraction of sp³-hybridized carbons (Fsp3) is 0.412. The van der Waals surface area contributed by atoms with Gasteiger partial charge in [0.2, 0.25) is 5.91 Å². The van der Waals surface area contributed by atoms with Crippen molar-refractivity contribution in [2.75, 3.05) is 0 Å². The minimum absolute atomic E-state index is 0.143. The van der Waals surface area contributed by atoms with E-state index in [1.165, 1.54) is 0 Å². The molecule has 1 heterocycles. The SMILES string of the molecule is CC(NC(=O)[C@@H](N)C(C)(C)C)c1ccccc1-n1cccn1. The average molecular weight is 300 g/mol. The van der Waals surface area contributed by atoms with Crippen LogP contribution in [0.5, 0.6) is 0 Å². The van der Waals surface area contributed by atoms with E-state index in [1.54, 1.807) is 10.9 Å². The van der Waals surface area contributed by atoms with Crippen LogP contribution in [0.25, 0.3) is 5.69 Å². The summed E-state index contributed by atoms with van der Waals surface area (Å²) in [7, 11) is 0. The minimum Gasteiger partial charge on any atom is -0.348 e. The highest BCUT2D eigenvalue weighted by Gasteiger charge is 2.28. The number of amides is 1. The smallest absolute Gasteiger partial charge is 0.237 e. The fourth-order valence-electron chi connectivity index (χ4n) is 2.25. The molecule has 118 valence electrons. The van der Waals surface area contributed by atoms with Gasteiger partial charge in [0.1, 0.15) is 0 Å². The van der Waals surface area contributed by atoms with Crippen LogP contribution in [0.15, 0.2) is 42.7 Å². The lowest BCUT2D eigenvalue weighted by atomic mass is 9.86. The van der Waals surface area contributed by atoms with Gasteiger partial charge < -0.3 is 11.1 Å². The zero-order chi connectivity index (χ0) is 16.3. The van der Waals surface area contributed by atoms with Crippen LogP contribution in [0.3, 0.4) is 0 Å². The Morgan fingerprint density at radius 3 is 2.55 bits per heavy atom. The molecule has 0 bridgehead atoms. The molecule has 0 radical (unpaired) electrons. The van der Waals surface area contributed by atoms with Crippen molar-refractivity contribution in [1.82, 2.24) is 15.1 Å². The summed E-state index contributed by atoms with van der Waals surface area (Å²) < 4.78 is 1.79. The molecule has 0 aliphatic heterocycles. The minimum atomic E-state index is -0.549. The van der Waals surface area contributed by atoms with E-state index in [-0.39, 0.29) is 17.4 Å². The maximum absolute atomic E-state index is 12.3. The lowest BCUT2D eigenvalue weighted by Gasteiger charge is -2.28. The van der Waals surface area contributed by atoms with Gasteiger partial charge in [0.15, 0.2) is 0 Å². The first kappa shape index (κ1) is 16.2. The quantitative estimate of drug-likeness (QED) is 0.910. The molecule has 5 heteroatoms. The van der Waals surface area contributed by atoms with E-state index < -0.39 is 6.04 Å². The van der Waals surface area contributed by atoms with Crippen LogP contribution in [0.4, 0.5) is 0 Å². The molecule has 2 atom stereocenters. The van der Waals surface area contributed by atoms with Gasteiger partial charge in [-0.05, 0) is 30.0 Å². The summed E-state index contributed by atoms with van der Waals surface area (Å²) in [6.07, 6.45) is 3.61. The molecule has 2 rings (SSSR count). The standard InChI is InChI=1S/C17H24N4O/c1-12(20-16(22)15(18)17(2,3)4)13-8-5-6-9-14(13)21-11-7-10-19-21/h5-12,15H,18H2,1-4H3,(H,20,22)/t12?,15-/m1/s1. The largest absolute Gasteiger partial charge is 0.348 e. The topological polar surface area (TPSA) is 72.9 Å². The molecule has 0 saturated heterocycles. The molecule has 0 aliphatic carbocycles. The van der Waals surface area contributed by atoms with Crippen molar-refractivity contribution in [3.63, 3.8) is 0 Å². The Kier molecular flexibility index (Phi) is 4.66. The van der Waals surface area contributed by atoms with E-state index in [2.05, 4.69) is 10.4 Å². The molecule has 1 amide bonds. The van der Waals surface area contributed by atoms with Crippen molar-refractivity contribution in [3.8, 4) is 5.69 Å². The number of rotatable bonds is 4. The highest BCUT2D eigenvalue weighted by molar-refractivity contribution is 5.82. The summed E-state index contributed by atoms with van der Waals surface area (Å²) in [5, 5.41) is 7.26. The van der Waals surface area contributed by atoms with E-state index in [4.69, 9.17) is 5.73 Å². The Bertz CT molecular complexity index is 628. The van der Waals surface area contributed by atoms with Crippen LogP contribution in [-0.4, -0.2) is 21.7 Å². The lowest BCUT2D eigenvalue weighted by molar-refractivity contribution is -0.125. The van der Waals surface area contributed by atoms with E-state index in [0.29, 0.717) is 0 Å². The van der Waals surface area contributed by atoms with Crippen LogP contribution >= 0.6 is 0 Å². The highest BCUT2D eigenvalue weighted by atomic mass is 16.2. The van der Waals surface area contributed by atoms with Gasteiger partial charge in [0, 0.05) is 12.4 Å². The van der Waals surface area contributed by atoms with Gasteiger partial charge in [-0.25, -0.2) is 4.68 Å². The van der Waals surface area contributed by atoms with Gasteiger partial charge in [0.05, 0.1) is 17.8 Å². The number of para-hydroxylation sites is 1. The Morgan fingerprint density at radius 1 is 1.27 bits per heavy atom. The predicted octanol–water partition coefficient (Wildman–Crippen LogP) is 2.42. The molecule has 1 aromatic carbocycles. The van der Waals surface area contributed by atoms with Crippen LogP contribution < -0.4 is 11.1 Å². The molecular formula is C17H24N4O. The second-order valence-corrected chi connectivity index (χ2v) is 6.58. The number of nitrogens with one attached hydrogen (secondary N) is 1. The Morgan fingerprint density at radius 2 is 1.95 bits per heavy atom. The normalized spacial score (nSPS) is 14.4. The fourth-order valence-corrected chi connectivity index (χ4v) is 2.25. The Hall–Kier alpha value is -2.14. The van der Waals surface area contributed by atoms with Crippen molar-refractivity contribution < 1.29 is 4.79 Å². The summed E-state index contributed by atoms with van der Waals surface area (Å²) in [6.45, 7) is 7.83. The van der Waals surface area contributed by atoms with Crippen molar-refractivity contribution in [3.05, 3.63) is 48.3 Å². The summed E-state index contributed by atoms with van der Waals surface area (Å²) >= 11 is 0. The molecule has 0 fully saturated rings. The van der Waals surface area contributed by atoms with Crippen LogP contribution in [0.2, 0.25) is 0 Å². The Labute approximate surface area is 131 Å². The summed E-state index contributed by atoms with van der Waals surface area (Å²) in [4.78, 5) is 12.3. The number of aromatic nitrogens is 2. The molecule has 0 spiro atoms. The van der Waals surface area contributed by atoms with Crippen molar-refractivity contribution in [1.29, 1.82) is 0 Å². The number of benzene rings is 1. The van der Waals surface area contributed by atoms with Gasteiger partial charge in [-0.2, -0.15) is 5.10 Å². The van der Waals surface area contributed by atoms with Gasteiger partial charge in [-0.15, -0.1) is 0 Å². The number of hydrogen-bond acceptors (Lipinski definition) is 3. The average Bonchev–Trinajstić information content (AvgIpc) is 2.99. The molecule has 1 aromatic heterocycles. The number of hydrogen-bond donors (Lipinski definition) is 2. The van der Waals surface area contributed by atoms with Gasteiger partial charge in [-0.1, -0.05) is 39.0 Å². The molecule has 0 aliphatic rings. The summed E-state index contributed by atoms with van der Waals surface area (Å²) in [5.41, 5.74) is 7.70. The van der Waals surface area contributed by atoms with Crippen molar-refractivity contribution in [2.24, 2.45) is 11.1 Å². The monoisotopic (exact) mass is 300 g/mol. The molecule has 3 N–H and O–H groups in total. The first-order valence-electron chi connectivity index (χ1n) is 7.45. The van der Waals surface area contributed by atoms with Gasteiger partial charge >= 0.3 is 0 Å². The summed E-state index contributed by atoms with van der Waals surface area (Å²) in [6, 6.07) is 9.05. The van der Waals surface area contributed by atoms with E-state index in [0.717, 1.165) is 11.3 Å². The third-order valence-electron chi connectivity index (χ3n) is 3.73. The lowest BCUT2D eigenvalue weighted by Crippen LogP contribution is -2.49. The second kappa shape index (κ2) is 6.32. The zero-order valence-corrected chi connectivity index (χ0v) is 13.6. The third kappa shape index (κ3) is 3.54. The van der Waals surface area contributed by atoms with Crippen LogP contribution in [0, 0.1) is 5.41 Å². The zero-order valence-electron chi connectivity index (χ0n) is 13.6. The molecule has 2 aromatic rings. The number of carbonyl (C=O) groups is 1. The van der Waals surface area contributed by atoms with Crippen molar-refractivity contribution in [2.45, 2.75) is 39.8 Å². The second-order valence-electron chi connectivity index (χ2n) is 6.58. The van der Waals surface area contributed by atoms with Crippen LogP contribution in [0.1, 0.15) is 39.3 Å². The first-order valence-corrected chi connectivity index (χ1v) is 7.45. The summed E-state index contributed by atoms with van der Waals surface area (Å²) in [5.74, 6) is -0.143. The molecule has 5 nitrogen and oxygen atoms in total. The first-order chi connectivity index (χ1) is 10.3. The number of nitrogens with zero attached hydrogens (tertiary/aromatic N) is 2. The number of carbonyl (C=O) groups excluding carboxylic acids is 1. The van der Waals surface area contributed by atoms with E-state index >= 15 is 0 Å². The molecule has 0 saturated carbocycles. The van der Waals surface area contributed by atoms with Gasteiger partial charge in [-0.3, -0.25) is 4.79 Å². The van der Waals surface area contributed by atoms with Crippen molar-refractivity contribution >= 4 is 5.91 Å². The van der Waals surface area contributed by atoms with Crippen LogP contribution in [-0.2, 0) is 4.79 Å². The predicted molar refractivity (Wildman–Crippen MR) is 87.6 cm³/mol. The molecule has 1 unspecified atom stereocenters.